The molecule has 2 heterocycles. The summed E-state index contributed by atoms with van der Waals surface area (Å²) in [5.74, 6) is 0. The number of nitrogens with one attached hydrogen (secondary N) is 1. The van der Waals surface area contributed by atoms with Crippen molar-refractivity contribution >= 4 is 11.0 Å². The first kappa shape index (κ1) is 6.22. The third-order valence-corrected chi connectivity index (χ3v) is 1.67. The number of H-pyrrole nitrogens is 1. The largest absolute Gasteiger partial charge is 0.339 e. The van der Waals surface area contributed by atoms with Crippen molar-refractivity contribution in [1.29, 1.82) is 0 Å². The van der Waals surface area contributed by atoms with Crippen LogP contribution < -0.4 is 9.57 Å². The highest BCUT2D eigenvalue weighted by atomic mass is 16.6. The van der Waals surface area contributed by atoms with E-state index in [4.69, 9.17) is 4.84 Å². The molecule has 0 aromatic carbocycles. The molecule has 11 heavy (non-hydrogen) atoms. The zero-order valence-corrected chi connectivity index (χ0v) is 6.24. The highest BCUT2D eigenvalue weighted by Crippen LogP contribution is 2.04. The van der Waals surface area contributed by atoms with Gasteiger partial charge in [0, 0.05) is 0 Å². The number of hydrogen-bond donors (Lipinski definition) is 1. The van der Waals surface area contributed by atoms with Crippen molar-refractivity contribution in [2.45, 2.75) is 0 Å². The Balaban J connectivity index is 2.79. The van der Waals surface area contributed by atoms with Gasteiger partial charge in [-0.3, -0.25) is 0 Å². The lowest BCUT2D eigenvalue weighted by Crippen LogP contribution is -2.40. The molecule has 0 amide bonds. The van der Waals surface area contributed by atoms with Crippen molar-refractivity contribution < 1.29 is 9.57 Å². The summed E-state index contributed by atoms with van der Waals surface area (Å²) in [7, 11) is 1.64. The maximum absolute atomic E-state index is 5.07. The van der Waals surface area contributed by atoms with Crippen LogP contribution in [0.3, 0.4) is 0 Å². The maximum Gasteiger partial charge on any atom is 0.325 e. The van der Waals surface area contributed by atoms with Crippen molar-refractivity contribution in [3.8, 4) is 0 Å². The van der Waals surface area contributed by atoms with Gasteiger partial charge in [0.15, 0.2) is 0 Å². The standard InChI is InChI=1S/C8H8N2O/c1-11-10-6-2-3-7-4-5-9-8(7)10/h2-6H,1H3/p+1. The molecule has 1 N–H and O–H groups in total. The monoisotopic (exact) mass is 149 g/mol. The topological polar surface area (TPSA) is 28.9 Å². The van der Waals surface area contributed by atoms with Gasteiger partial charge in [-0.05, 0) is 22.9 Å². The zero-order chi connectivity index (χ0) is 7.68. The molecule has 0 radical (unpaired) electrons. The van der Waals surface area contributed by atoms with Crippen LogP contribution in [0.25, 0.3) is 11.0 Å². The van der Waals surface area contributed by atoms with Crippen LogP contribution in [0.2, 0.25) is 0 Å². The van der Waals surface area contributed by atoms with Gasteiger partial charge in [-0.2, -0.15) is 0 Å². The molecule has 0 bridgehead atoms. The van der Waals surface area contributed by atoms with Gasteiger partial charge in [-0.25, -0.2) is 4.98 Å². The van der Waals surface area contributed by atoms with Crippen LogP contribution in [0.15, 0.2) is 30.6 Å². The van der Waals surface area contributed by atoms with Crippen molar-refractivity contribution in [2.75, 3.05) is 7.11 Å². The van der Waals surface area contributed by atoms with E-state index in [1.54, 1.807) is 11.8 Å². The van der Waals surface area contributed by atoms with Crippen molar-refractivity contribution in [1.82, 2.24) is 4.98 Å². The minimum atomic E-state index is 0.981. The molecule has 0 fully saturated rings. The predicted octanol–water partition coefficient (Wildman–Crippen LogP) is 0.514. The van der Waals surface area contributed by atoms with Crippen LogP contribution in [0.1, 0.15) is 0 Å². The summed E-state index contributed by atoms with van der Waals surface area (Å²) in [6.07, 6.45) is 3.75. The van der Waals surface area contributed by atoms with Gasteiger partial charge in [0.1, 0.15) is 13.3 Å². The molecule has 2 rings (SSSR count). The Hall–Kier alpha value is -1.51. The van der Waals surface area contributed by atoms with Crippen LogP contribution in [0, 0.1) is 0 Å². The Bertz CT molecular complexity index is 367. The number of hydrogen-bond acceptors (Lipinski definition) is 1. The Labute approximate surface area is 64.2 Å². The third-order valence-electron chi connectivity index (χ3n) is 1.67. The summed E-state index contributed by atoms with van der Waals surface area (Å²) in [6, 6.07) is 5.98. The average Bonchev–Trinajstić information content (AvgIpc) is 2.50. The van der Waals surface area contributed by atoms with Gasteiger partial charge >= 0.3 is 5.65 Å². The minimum absolute atomic E-state index is 0.981. The molecule has 0 saturated heterocycles. The number of pyridine rings is 1. The second-order valence-electron chi connectivity index (χ2n) is 2.30. The van der Waals surface area contributed by atoms with E-state index in [1.807, 2.05) is 30.6 Å². The molecule has 2 aromatic rings. The number of aromatic amines is 1. The fraction of sp³-hybridized carbons (Fsp3) is 0.125. The molecular weight excluding hydrogens is 140 g/mol. The van der Waals surface area contributed by atoms with Crippen LogP contribution in [0.4, 0.5) is 0 Å². The van der Waals surface area contributed by atoms with E-state index in [0.717, 1.165) is 11.0 Å². The molecular formula is C8H9N2O+. The van der Waals surface area contributed by atoms with E-state index in [2.05, 4.69) is 4.98 Å². The molecule has 2 aromatic heterocycles. The smallest absolute Gasteiger partial charge is 0.325 e. The lowest BCUT2D eigenvalue weighted by atomic mass is 10.3. The second-order valence-corrected chi connectivity index (χ2v) is 2.30. The molecule has 0 unspecified atom stereocenters. The van der Waals surface area contributed by atoms with E-state index in [9.17, 15) is 0 Å². The van der Waals surface area contributed by atoms with Crippen molar-refractivity contribution in [2.24, 2.45) is 0 Å². The van der Waals surface area contributed by atoms with Crippen LogP contribution >= 0.6 is 0 Å². The zero-order valence-electron chi connectivity index (χ0n) is 6.24. The maximum atomic E-state index is 5.07. The third kappa shape index (κ3) is 0.852. The fourth-order valence-corrected chi connectivity index (χ4v) is 1.15. The van der Waals surface area contributed by atoms with Gasteiger partial charge in [-0.1, -0.05) is 0 Å². The lowest BCUT2D eigenvalue weighted by molar-refractivity contribution is -0.866. The summed E-state index contributed by atoms with van der Waals surface area (Å²) in [6.45, 7) is 0. The molecule has 3 nitrogen and oxygen atoms in total. The highest BCUT2D eigenvalue weighted by molar-refractivity contribution is 5.71. The SMILES string of the molecule is CO[n+]1cccc2cc[nH]c21. The molecule has 56 valence electrons. The molecule has 0 aliphatic rings. The van der Waals surface area contributed by atoms with Crippen LogP contribution in [-0.2, 0) is 0 Å². The molecule has 0 atom stereocenters. The highest BCUT2D eigenvalue weighted by Gasteiger charge is 2.05. The molecule has 0 aliphatic carbocycles. The summed E-state index contributed by atoms with van der Waals surface area (Å²) < 4.78 is 1.69. The normalized spacial score (nSPS) is 10.3. The van der Waals surface area contributed by atoms with Crippen molar-refractivity contribution in [3.05, 3.63) is 30.6 Å². The van der Waals surface area contributed by atoms with E-state index in [0.29, 0.717) is 0 Å². The summed E-state index contributed by atoms with van der Waals surface area (Å²) in [5.41, 5.74) is 0.981. The van der Waals surface area contributed by atoms with E-state index in [-0.39, 0.29) is 0 Å². The Morgan fingerprint density at radius 1 is 1.45 bits per heavy atom. The summed E-state index contributed by atoms with van der Waals surface area (Å²) in [4.78, 5) is 8.15. The first-order valence-corrected chi connectivity index (χ1v) is 3.44. The van der Waals surface area contributed by atoms with Crippen molar-refractivity contribution in [3.63, 3.8) is 0 Å². The van der Waals surface area contributed by atoms with Gasteiger partial charge in [-0.15, -0.1) is 0 Å². The number of rotatable bonds is 1. The quantitative estimate of drug-likeness (QED) is 0.588. The minimum Gasteiger partial charge on any atom is -0.339 e. The van der Waals surface area contributed by atoms with Crippen LogP contribution in [-0.4, -0.2) is 12.1 Å². The molecule has 0 saturated carbocycles. The molecule has 0 aliphatic heterocycles. The fourth-order valence-electron chi connectivity index (χ4n) is 1.15. The first-order valence-electron chi connectivity index (χ1n) is 3.44. The second kappa shape index (κ2) is 2.27. The Kier molecular flexibility index (Phi) is 1.28. The number of nitrogens with zero attached hydrogens (tertiary/aromatic N) is 1. The van der Waals surface area contributed by atoms with Gasteiger partial charge < -0.3 is 4.84 Å². The van der Waals surface area contributed by atoms with Crippen LogP contribution in [0.5, 0.6) is 0 Å². The van der Waals surface area contributed by atoms with Gasteiger partial charge in [0.2, 0.25) is 0 Å². The lowest BCUT2D eigenvalue weighted by Gasteiger charge is -1.94. The summed E-state index contributed by atoms with van der Waals surface area (Å²) >= 11 is 0. The molecule has 0 spiro atoms. The molecule has 3 heteroatoms. The van der Waals surface area contributed by atoms with Gasteiger partial charge in [0.05, 0.1) is 11.6 Å². The first-order chi connectivity index (χ1) is 5.42. The van der Waals surface area contributed by atoms with Gasteiger partial charge in [0.25, 0.3) is 0 Å². The Morgan fingerprint density at radius 2 is 2.36 bits per heavy atom. The average molecular weight is 149 g/mol. The van der Waals surface area contributed by atoms with E-state index < -0.39 is 0 Å². The van der Waals surface area contributed by atoms with E-state index >= 15 is 0 Å². The number of fused-ring (bicyclic) bond motifs is 1. The Morgan fingerprint density at radius 3 is 3.18 bits per heavy atom. The number of aromatic nitrogens is 2. The predicted molar refractivity (Wildman–Crippen MR) is 41.0 cm³/mol. The van der Waals surface area contributed by atoms with E-state index in [1.165, 1.54) is 0 Å². The summed E-state index contributed by atoms with van der Waals surface area (Å²) in [5, 5.41) is 1.15.